The van der Waals surface area contributed by atoms with Crippen LogP contribution in [0.2, 0.25) is 0 Å². The van der Waals surface area contributed by atoms with Gasteiger partial charge in [-0.2, -0.15) is 5.26 Å². The van der Waals surface area contributed by atoms with Gasteiger partial charge in [0.2, 0.25) is 0 Å². The third kappa shape index (κ3) is 1.77. The molecule has 0 spiro atoms. The second-order valence-electron chi connectivity index (χ2n) is 3.37. The first-order valence-corrected chi connectivity index (χ1v) is 4.83. The molecule has 0 atom stereocenters. The highest BCUT2D eigenvalue weighted by Crippen LogP contribution is 2.14. The lowest BCUT2D eigenvalue weighted by Gasteiger charge is -2.18. The van der Waals surface area contributed by atoms with E-state index in [1.807, 2.05) is 35.8 Å². The second-order valence-corrected chi connectivity index (χ2v) is 3.37. The van der Waals surface area contributed by atoms with E-state index in [1.165, 1.54) is 0 Å². The maximum atomic E-state index is 8.54. The van der Waals surface area contributed by atoms with Gasteiger partial charge in [-0.15, -0.1) is 0 Å². The summed E-state index contributed by atoms with van der Waals surface area (Å²) in [5.41, 5.74) is 0.927. The smallest absolute Gasteiger partial charge is 0.138 e. The number of fused-ring (bicyclic) bond motifs is 1. The Bertz CT molecular complexity index is 495. The zero-order chi connectivity index (χ0) is 10.7. The number of hydrogen-bond acceptors (Lipinski definition) is 3. The minimum absolute atomic E-state index is 0.529. The van der Waals surface area contributed by atoms with Crippen LogP contribution >= 0.6 is 0 Å². The normalized spacial score (nSPS) is 10.1. The van der Waals surface area contributed by atoms with Gasteiger partial charge in [0.15, 0.2) is 0 Å². The molecule has 0 fully saturated rings. The van der Waals surface area contributed by atoms with E-state index in [9.17, 15) is 0 Å². The number of nitrogens with zero attached hydrogens (tertiary/aromatic N) is 4. The predicted molar refractivity (Wildman–Crippen MR) is 58.7 cm³/mol. The molecule has 76 valence electrons. The van der Waals surface area contributed by atoms with Gasteiger partial charge in [0, 0.05) is 26.0 Å². The van der Waals surface area contributed by atoms with Gasteiger partial charge in [-0.25, -0.2) is 4.98 Å². The van der Waals surface area contributed by atoms with Crippen LogP contribution in [0.15, 0.2) is 30.6 Å². The number of anilines is 1. The minimum atomic E-state index is 0.529. The van der Waals surface area contributed by atoms with E-state index in [0.717, 1.165) is 18.0 Å². The highest BCUT2D eigenvalue weighted by atomic mass is 15.2. The molecule has 0 N–H and O–H groups in total. The summed E-state index contributed by atoms with van der Waals surface area (Å²) in [6.45, 7) is 0.730. The van der Waals surface area contributed by atoms with Crippen LogP contribution in [-0.4, -0.2) is 23.0 Å². The average molecular weight is 200 g/mol. The Labute approximate surface area is 88.4 Å². The molecule has 2 rings (SSSR count). The van der Waals surface area contributed by atoms with Crippen LogP contribution in [0, 0.1) is 11.3 Å². The van der Waals surface area contributed by atoms with Crippen molar-refractivity contribution in [2.24, 2.45) is 0 Å². The zero-order valence-corrected chi connectivity index (χ0v) is 8.59. The van der Waals surface area contributed by atoms with Gasteiger partial charge in [-0.1, -0.05) is 6.07 Å². The van der Waals surface area contributed by atoms with Crippen molar-refractivity contribution in [1.29, 1.82) is 5.26 Å². The molecule has 0 aromatic carbocycles. The van der Waals surface area contributed by atoms with Crippen molar-refractivity contribution in [2.45, 2.75) is 6.42 Å². The van der Waals surface area contributed by atoms with Gasteiger partial charge < -0.3 is 4.90 Å². The summed E-state index contributed by atoms with van der Waals surface area (Å²) in [7, 11) is 1.98. The van der Waals surface area contributed by atoms with Gasteiger partial charge >= 0.3 is 0 Å². The van der Waals surface area contributed by atoms with Crippen LogP contribution in [0.5, 0.6) is 0 Å². The molecule has 0 amide bonds. The lowest BCUT2D eigenvalue weighted by molar-refractivity contribution is 0.873. The Morgan fingerprint density at radius 3 is 3.20 bits per heavy atom. The number of hydrogen-bond donors (Lipinski definition) is 0. The summed E-state index contributed by atoms with van der Waals surface area (Å²) in [5, 5.41) is 8.54. The molecular weight excluding hydrogens is 188 g/mol. The van der Waals surface area contributed by atoms with Crippen molar-refractivity contribution in [3.05, 3.63) is 30.6 Å². The Balaban J connectivity index is 2.34. The number of nitriles is 1. The predicted octanol–water partition coefficient (Wildman–Crippen LogP) is 1.68. The molecule has 15 heavy (non-hydrogen) atoms. The van der Waals surface area contributed by atoms with Crippen LogP contribution in [0.25, 0.3) is 5.65 Å². The summed E-state index contributed by atoms with van der Waals surface area (Å²) >= 11 is 0. The molecule has 0 radical (unpaired) electrons. The number of pyridine rings is 1. The van der Waals surface area contributed by atoms with Crippen LogP contribution in [0.3, 0.4) is 0 Å². The summed E-state index contributed by atoms with van der Waals surface area (Å²) in [5.74, 6) is 1.06. The third-order valence-electron chi connectivity index (χ3n) is 2.36. The van der Waals surface area contributed by atoms with E-state index in [0.29, 0.717) is 6.42 Å². The summed E-state index contributed by atoms with van der Waals surface area (Å²) < 4.78 is 2.01. The number of rotatable bonds is 3. The van der Waals surface area contributed by atoms with Crippen molar-refractivity contribution in [3.63, 3.8) is 0 Å². The number of aromatic nitrogens is 2. The maximum absolute atomic E-state index is 8.54. The van der Waals surface area contributed by atoms with Crippen LogP contribution in [0.4, 0.5) is 5.82 Å². The molecule has 2 aromatic rings. The van der Waals surface area contributed by atoms with Gasteiger partial charge in [0.1, 0.15) is 11.5 Å². The molecule has 0 unspecified atom stereocenters. The Hall–Kier alpha value is -2.02. The summed E-state index contributed by atoms with van der Waals surface area (Å²) in [6.07, 6.45) is 4.23. The lowest BCUT2D eigenvalue weighted by atomic mass is 10.4. The Kier molecular flexibility index (Phi) is 2.55. The first-order valence-electron chi connectivity index (χ1n) is 4.83. The summed E-state index contributed by atoms with van der Waals surface area (Å²) in [4.78, 5) is 6.27. The standard InChI is InChI=1S/C11H12N4/c1-14(8-3-6-12)11-5-2-4-10-13-7-9-15(10)11/h2,4-5,7,9H,3,8H2,1H3. The minimum Gasteiger partial charge on any atom is -0.360 e. The molecule has 0 aliphatic rings. The Morgan fingerprint density at radius 2 is 2.40 bits per heavy atom. The van der Waals surface area contributed by atoms with E-state index in [1.54, 1.807) is 6.20 Å². The fourth-order valence-corrected chi connectivity index (χ4v) is 1.58. The molecule has 0 saturated heterocycles. The van der Waals surface area contributed by atoms with Crippen molar-refractivity contribution in [3.8, 4) is 6.07 Å². The topological polar surface area (TPSA) is 44.3 Å². The van der Waals surface area contributed by atoms with E-state index < -0.39 is 0 Å². The van der Waals surface area contributed by atoms with E-state index in [2.05, 4.69) is 16.0 Å². The van der Waals surface area contributed by atoms with Gasteiger partial charge in [0.05, 0.1) is 12.5 Å². The van der Waals surface area contributed by atoms with Crippen LogP contribution in [0.1, 0.15) is 6.42 Å². The maximum Gasteiger partial charge on any atom is 0.138 e. The molecule has 4 nitrogen and oxygen atoms in total. The van der Waals surface area contributed by atoms with E-state index in [4.69, 9.17) is 5.26 Å². The second kappa shape index (κ2) is 4.01. The van der Waals surface area contributed by atoms with Gasteiger partial charge in [-0.05, 0) is 12.1 Å². The number of imidazole rings is 1. The molecule has 2 heterocycles. The van der Waals surface area contributed by atoms with Gasteiger partial charge in [-0.3, -0.25) is 4.40 Å². The molecule has 0 saturated carbocycles. The van der Waals surface area contributed by atoms with Crippen molar-refractivity contribution in [1.82, 2.24) is 9.38 Å². The zero-order valence-electron chi connectivity index (χ0n) is 8.59. The van der Waals surface area contributed by atoms with Crippen LogP contribution in [-0.2, 0) is 0 Å². The first kappa shape index (κ1) is 9.53. The molecule has 2 aromatic heterocycles. The van der Waals surface area contributed by atoms with Crippen molar-refractivity contribution >= 4 is 11.5 Å². The van der Waals surface area contributed by atoms with E-state index >= 15 is 0 Å². The molecular formula is C11H12N4. The van der Waals surface area contributed by atoms with Crippen molar-refractivity contribution in [2.75, 3.05) is 18.5 Å². The average Bonchev–Trinajstić information content (AvgIpc) is 2.73. The quantitative estimate of drug-likeness (QED) is 0.757. The molecule has 0 aliphatic carbocycles. The largest absolute Gasteiger partial charge is 0.360 e. The van der Waals surface area contributed by atoms with Crippen LogP contribution < -0.4 is 4.90 Å². The molecule has 4 heteroatoms. The van der Waals surface area contributed by atoms with E-state index in [-0.39, 0.29) is 0 Å². The monoisotopic (exact) mass is 200 g/mol. The third-order valence-corrected chi connectivity index (χ3v) is 2.36. The lowest BCUT2D eigenvalue weighted by Crippen LogP contribution is -2.20. The first-order chi connectivity index (χ1) is 7.33. The fraction of sp³-hybridized carbons (Fsp3) is 0.273. The van der Waals surface area contributed by atoms with Gasteiger partial charge in [0.25, 0.3) is 0 Å². The fourth-order valence-electron chi connectivity index (χ4n) is 1.58. The highest BCUT2D eigenvalue weighted by molar-refractivity contribution is 5.51. The molecule has 0 bridgehead atoms. The SMILES string of the molecule is CN(CCC#N)c1cccc2nccn12. The summed E-state index contributed by atoms with van der Waals surface area (Å²) in [6, 6.07) is 8.10. The Morgan fingerprint density at radius 1 is 1.53 bits per heavy atom. The highest BCUT2D eigenvalue weighted by Gasteiger charge is 2.04. The molecule has 0 aliphatic heterocycles. The van der Waals surface area contributed by atoms with Crippen molar-refractivity contribution < 1.29 is 0 Å².